The predicted molar refractivity (Wildman–Crippen MR) is 80.1 cm³/mol. The van der Waals surface area contributed by atoms with Crippen LogP contribution in [0.5, 0.6) is 0 Å². The van der Waals surface area contributed by atoms with Gasteiger partial charge in [0.1, 0.15) is 23.7 Å². The summed E-state index contributed by atoms with van der Waals surface area (Å²) in [4.78, 5) is 7.10. The van der Waals surface area contributed by atoms with Crippen LogP contribution in [0.4, 0.5) is 5.82 Å². The average molecular weight is 295 g/mol. The number of hydrogen-bond donors (Lipinski definition) is 1. The van der Waals surface area contributed by atoms with Gasteiger partial charge in [0.15, 0.2) is 0 Å². The van der Waals surface area contributed by atoms with Crippen LogP contribution in [-0.2, 0) is 13.0 Å². The summed E-state index contributed by atoms with van der Waals surface area (Å²) in [7, 11) is 0. The fourth-order valence-corrected chi connectivity index (χ4v) is 3.25. The van der Waals surface area contributed by atoms with E-state index in [-0.39, 0.29) is 0 Å². The summed E-state index contributed by atoms with van der Waals surface area (Å²) in [5.41, 5.74) is 3.06. The monoisotopic (exact) mass is 294 g/mol. The molecule has 1 unspecified atom stereocenters. The SMILES string of the molecule is CCN(CC)c1[nH+]c(Cl)c(C#N)c2c1C[NH+](CC)CC2. The largest absolute Gasteiger partial charge is 0.331 e. The molecule has 1 aromatic heterocycles. The highest BCUT2D eigenvalue weighted by Gasteiger charge is 2.32. The molecule has 4 nitrogen and oxygen atoms in total. The van der Waals surface area contributed by atoms with Crippen molar-refractivity contribution in [3.05, 3.63) is 21.8 Å². The van der Waals surface area contributed by atoms with Crippen molar-refractivity contribution in [1.29, 1.82) is 5.26 Å². The van der Waals surface area contributed by atoms with E-state index >= 15 is 0 Å². The minimum absolute atomic E-state index is 0.480. The molecule has 0 aliphatic carbocycles. The van der Waals surface area contributed by atoms with Crippen LogP contribution in [0.3, 0.4) is 0 Å². The van der Waals surface area contributed by atoms with E-state index in [1.807, 2.05) is 0 Å². The van der Waals surface area contributed by atoms with E-state index in [2.05, 4.69) is 36.7 Å². The number of halogens is 1. The van der Waals surface area contributed by atoms with Crippen molar-refractivity contribution in [2.24, 2.45) is 0 Å². The van der Waals surface area contributed by atoms with Crippen LogP contribution in [0.1, 0.15) is 37.5 Å². The summed E-state index contributed by atoms with van der Waals surface area (Å²) in [6, 6.07) is 2.27. The Morgan fingerprint density at radius 1 is 1.30 bits per heavy atom. The molecule has 0 fully saturated rings. The minimum Gasteiger partial charge on any atom is -0.331 e. The lowest BCUT2D eigenvalue weighted by Crippen LogP contribution is -3.11. The number of hydrogen-bond acceptors (Lipinski definition) is 2. The highest BCUT2D eigenvalue weighted by Crippen LogP contribution is 2.27. The van der Waals surface area contributed by atoms with Gasteiger partial charge in [-0.05, 0) is 37.9 Å². The number of rotatable bonds is 4. The maximum absolute atomic E-state index is 9.37. The molecule has 1 aromatic rings. The van der Waals surface area contributed by atoms with E-state index in [0.717, 1.165) is 50.5 Å². The summed E-state index contributed by atoms with van der Waals surface area (Å²) >= 11 is 6.28. The Labute approximate surface area is 126 Å². The highest BCUT2D eigenvalue weighted by molar-refractivity contribution is 6.29. The van der Waals surface area contributed by atoms with Crippen molar-refractivity contribution >= 4 is 17.4 Å². The molecule has 5 heteroatoms. The van der Waals surface area contributed by atoms with Crippen LogP contribution in [0.2, 0.25) is 5.15 Å². The molecule has 1 aliphatic rings. The van der Waals surface area contributed by atoms with Gasteiger partial charge in [0, 0.05) is 6.42 Å². The summed E-state index contributed by atoms with van der Waals surface area (Å²) in [5.74, 6) is 1.10. The highest BCUT2D eigenvalue weighted by atomic mass is 35.5. The number of quaternary nitrogens is 1. The maximum atomic E-state index is 9.37. The number of fused-ring (bicyclic) bond motifs is 1. The Bertz CT molecular complexity index is 532. The third-order valence-corrected chi connectivity index (χ3v) is 4.53. The topological polar surface area (TPSA) is 45.6 Å². The Balaban J connectivity index is 2.59. The number of anilines is 1. The Kier molecular flexibility index (Phi) is 4.85. The lowest BCUT2D eigenvalue weighted by molar-refractivity contribution is -0.914. The van der Waals surface area contributed by atoms with Gasteiger partial charge in [0.2, 0.25) is 5.15 Å². The van der Waals surface area contributed by atoms with E-state index in [1.165, 1.54) is 5.56 Å². The van der Waals surface area contributed by atoms with E-state index in [9.17, 15) is 5.26 Å². The Morgan fingerprint density at radius 2 is 2.00 bits per heavy atom. The second-order valence-electron chi connectivity index (χ2n) is 5.18. The molecule has 0 spiro atoms. The fraction of sp³-hybridized carbons (Fsp3) is 0.600. The van der Waals surface area contributed by atoms with Gasteiger partial charge < -0.3 is 4.90 Å². The van der Waals surface area contributed by atoms with Crippen molar-refractivity contribution in [2.45, 2.75) is 33.7 Å². The normalized spacial score (nSPS) is 17.4. The number of nitrogens with zero attached hydrogens (tertiary/aromatic N) is 2. The number of aromatic nitrogens is 1. The van der Waals surface area contributed by atoms with E-state index < -0.39 is 0 Å². The van der Waals surface area contributed by atoms with Crippen molar-refractivity contribution in [1.82, 2.24) is 0 Å². The Hall–Kier alpha value is -1.31. The van der Waals surface area contributed by atoms with Gasteiger partial charge in [-0.3, -0.25) is 4.90 Å². The second-order valence-corrected chi connectivity index (χ2v) is 5.56. The predicted octanol–water partition coefficient (Wildman–Crippen LogP) is 0.833. The zero-order chi connectivity index (χ0) is 14.7. The minimum atomic E-state index is 0.480. The van der Waals surface area contributed by atoms with Gasteiger partial charge in [0.25, 0.3) is 5.82 Å². The van der Waals surface area contributed by atoms with Gasteiger partial charge in [-0.25, -0.2) is 4.98 Å². The zero-order valence-corrected chi connectivity index (χ0v) is 13.3. The first-order chi connectivity index (χ1) is 9.65. The summed E-state index contributed by atoms with van der Waals surface area (Å²) in [6.45, 7) is 11.5. The van der Waals surface area contributed by atoms with Crippen LogP contribution in [0.25, 0.3) is 0 Å². The number of nitriles is 1. The van der Waals surface area contributed by atoms with Gasteiger partial charge in [-0.15, -0.1) is 0 Å². The van der Waals surface area contributed by atoms with Crippen molar-refractivity contribution in [3.8, 4) is 6.07 Å². The standard InChI is InChI=1S/C15H21ClN4/c1-4-19-8-7-11-12(9-17)14(16)18-15(13(11)10-19)20(5-2)6-3/h4-8,10H2,1-3H3/p+2. The van der Waals surface area contributed by atoms with Crippen LogP contribution >= 0.6 is 11.6 Å². The van der Waals surface area contributed by atoms with Crippen molar-refractivity contribution < 1.29 is 9.88 Å². The van der Waals surface area contributed by atoms with Gasteiger partial charge in [-0.1, -0.05) is 0 Å². The third-order valence-electron chi connectivity index (χ3n) is 4.25. The molecule has 1 aliphatic heterocycles. The first kappa shape index (κ1) is 15.1. The summed E-state index contributed by atoms with van der Waals surface area (Å²) < 4.78 is 0. The molecule has 0 radical (unpaired) electrons. The molecule has 2 N–H and O–H groups in total. The van der Waals surface area contributed by atoms with Gasteiger partial charge in [-0.2, -0.15) is 5.26 Å². The van der Waals surface area contributed by atoms with Crippen LogP contribution in [0.15, 0.2) is 0 Å². The number of pyridine rings is 1. The first-order valence-electron chi connectivity index (χ1n) is 7.41. The molecular formula is C15H23ClN4+2. The van der Waals surface area contributed by atoms with E-state index in [0.29, 0.717) is 10.7 Å². The fourth-order valence-electron chi connectivity index (χ4n) is 3.00. The number of H-pyrrole nitrogens is 1. The smallest absolute Gasteiger partial charge is 0.284 e. The Morgan fingerprint density at radius 3 is 2.55 bits per heavy atom. The van der Waals surface area contributed by atoms with Crippen LogP contribution in [0, 0.1) is 11.3 Å². The summed E-state index contributed by atoms with van der Waals surface area (Å²) in [5, 5.41) is 9.85. The molecule has 0 amide bonds. The molecule has 0 saturated carbocycles. The van der Waals surface area contributed by atoms with Gasteiger partial charge >= 0.3 is 0 Å². The van der Waals surface area contributed by atoms with E-state index in [4.69, 9.17) is 11.6 Å². The molecule has 2 rings (SSSR count). The molecule has 0 saturated heterocycles. The van der Waals surface area contributed by atoms with Crippen molar-refractivity contribution in [2.75, 3.05) is 31.1 Å². The quantitative estimate of drug-likeness (QED) is 0.836. The van der Waals surface area contributed by atoms with Crippen molar-refractivity contribution in [3.63, 3.8) is 0 Å². The molecule has 0 aromatic carbocycles. The average Bonchev–Trinajstić information content (AvgIpc) is 2.48. The maximum Gasteiger partial charge on any atom is 0.284 e. The molecule has 1 atom stereocenters. The third kappa shape index (κ3) is 2.61. The van der Waals surface area contributed by atoms with Crippen LogP contribution < -0.4 is 14.8 Å². The summed E-state index contributed by atoms with van der Waals surface area (Å²) in [6.07, 6.45) is 0.935. The van der Waals surface area contributed by atoms with E-state index in [1.54, 1.807) is 4.90 Å². The molecule has 0 bridgehead atoms. The molecular weight excluding hydrogens is 272 g/mol. The molecule has 2 heterocycles. The molecule has 108 valence electrons. The second kappa shape index (κ2) is 6.43. The lowest BCUT2D eigenvalue weighted by Gasteiger charge is -2.27. The van der Waals surface area contributed by atoms with Gasteiger partial charge in [0.05, 0.1) is 26.2 Å². The number of likely N-dealkylation sites (N-methyl/N-ethyl adjacent to an activating group) is 1. The van der Waals surface area contributed by atoms with Crippen LogP contribution in [-0.4, -0.2) is 26.2 Å². The lowest BCUT2D eigenvalue weighted by atomic mass is 9.96. The zero-order valence-electron chi connectivity index (χ0n) is 12.5. The number of aromatic amines is 1. The first-order valence-corrected chi connectivity index (χ1v) is 7.79. The molecule has 20 heavy (non-hydrogen) atoms. The number of nitrogens with one attached hydrogen (secondary N) is 2.